The number of benzene rings is 1. The van der Waals surface area contributed by atoms with Crippen LogP contribution in [0.2, 0.25) is 0 Å². The molecule has 6 N–H and O–H groups in total. The number of rotatable bonds is 5. The van der Waals surface area contributed by atoms with Crippen molar-refractivity contribution in [2.75, 3.05) is 10.6 Å². The molecule has 8 nitrogen and oxygen atoms in total. The number of amides is 1. The van der Waals surface area contributed by atoms with E-state index >= 15 is 0 Å². The molecule has 0 bridgehead atoms. The van der Waals surface area contributed by atoms with Crippen molar-refractivity contribution in [3.8, 4) is 0 Å². The first-order chi connectivity index (χ1) is 13.5. The number of nitrogens with one attached hydrogen (secondary N) is 2. The molecule has 0 saturated heterocycles. The first kappa shape index (κ1) is 18.2. The molecule has 28 heavy (non-hydrogen) atoms. The van der Waals surface area contributed by atoms with Crippen molar-refractivity contribution < 1.29 is 4.79 Å². The van der Waals surface area contributed by atoms with Crippen LogP contribution in [0.25, 0.3) is 10.9 Å². The summed E-state index contributed by atoms with van der Waals surface area (Å²) < 4.78 is 1.81. The highest BCUT2D eigenvalue weighted by atomic mass is 16.1. The fourth-order valence-electron chi connectivity index (χ4n) is 3.74. The maximum Gasteiger partial charge on any atom is 0.252 e. The Balaban J connectivity index is 1.62. The highest BCUT2D eigenvalue weighted by Crippen LogP contribution is 2.26. The minimum absolute atomic E-state index is 0.107. The van der Waals surface area contributed by atoms with E-state index in [9.17, 15) is 4.79 Å². The van der Waals surface area contributed by atoms with Crippen molar-refractivity contribution in [3.05, 3.63) is 42.1 Å². The average Bonchev–Trinajstić information content (AvgIpc) is 3.04. The van der Waals surface area contributed by atoms with Crippen molar-refractivity contribution in [1.29, 1.82) is 0 Å². The van der Waals surface area contributed by atoms with Crippen molar-refractivity contribution in [1.82, 2.24) is 14.8 Å². The van der Waals surface area contributed by atoms with Crippen molar-refractivity contribution in [2.24, 2.45) is 18.5 Å². The second-order valence-electron chi connectivity index (χ2n) is 7.32. The largest absolute Gasteiger partial charge is 0.366 e. The zero-order valence-electron chi connectivity index (χ0n) is 15.9. The van der Waals surface area contributed by atoms with Gasteiger partial charge in [-0.1, -0.05) is 12.8 Å². The number of aromatic nitrogens is 3. The minimum Gasteiger partial charge on any atom is -0.366 e. The van der Waals surface area contributed by atoms with Crippen molar-refractivity contribution in [2.45, 2.75) is 37.8 Å². The summed E-state index contributed by atoms with van der Waals surface area (Å²) in [6, 6.07) is 9.61. The van der Waals surface area contributed by atoms with E-state index in [1.54, 1.807) is 18.3 Å². The Morgan fingerprint density at radius 1 is 1.21 bits per heavy atom. The quantitative estimate of drug-likeness (QED) is 0.540. The highest BCUT2D eigenvalue weighted by molar-refractivity contribution is 5.98. The Kier molecular flexibility index (Phi) is 4.87. The van der Waals surface area contributed by atoms with E-state index in [1.807, 2.05) is 29.9 Å². The van der Waals surface area contributed by atoms with Gasteiger partial charge in [-0.2, -0.15) is 5.10 Å². The smallest absolute Gasteiger partial charge is 0.252 e. The number of hydrogen-bond donors (Lipinski definition) is 4. The van der Waals surface area contributed by atoms with E-state index in [1.165, 1.54) is 0 Å². The Morgan fingerprint density at radius 2 is 2.04 bits per heavy atom. The van der Waals surface area contributed by atoms with E-state index < -0.39 is 5.91 Å². The van der Waals surface area contributed by atoms with Gasteiger partial charge in [0.1, 0.15) is 11.6 Å². The van der Waals surface area contributed by atoms with Gasteiger partial charge in [0, 0.05) is 30.2 Å². The highest BCUT2D eigenvalue weighted by Gasteiger charge is 2.22. The molecule has 0 spiro atoms. The predicted octanol–water partition coefficient (Wildman–Crippen LogP) is 2.49. The molecule has 2 aromatic heterocycles. The molecule has 0 aliphatic heterocycles. The summed E-state index contributed by atoms with van der Waals surface area (Å²) in [5.74, 6) is 0.570. The molecule has 1 aromatic carbocycles. The third kappa shape index (κ3) is 3.63. The lowest BCUT2D eigenvalue weighted by atomic mass is 9.91. The molecule has 2 atom stereocenters. The second-order valence-corrected chi connectivity index (χ2v) is 7.32. The van der Waals surface area contributed by atoms with E-state index in [0.29, 0.717) is 17.2 Å². The van der Waals surface area contributed by atoms with Crippen LogP contribution in [0.4, 0.5) is 17.3 Å². The number of carbonyl (C=O) groups is 1. The number of aryl methyl sites for hydroxylation is 1. The van der Waals surface area contributed by atoms with Crippen LogP contribution < -0.4 is 22.1 Å². The number of primary amides is 1. The lowest BCUT2D eigenvalue weighted by Gasteiger charge is -2.29. The van der Waals surface area contributed by atoms with Gasteiger partial charge >= 0.3 is 0 Å². The lowest BCUT2D eigenvalue weighted by Crippen LogP contribution is -2.42. The number of nitrogens with zero attached hydrogens (tertiary/aromatic N) is 3. The van der Waals surface area contributed by atoms with Crippen LogP contribution >= 0.6 is 0 Å². The van der Waals surface area contributed by atoms with Crippen LogP contribution in [-0.4, -0.2) is 32.8 Å². The maximum atomic E-state index is 11.9. The SMILES string of the molecule is Cn1ncc2cc(Nc3nc(NC4CCCC[C@@H]4N)ccc3C(N)=O)ccc21. The van der Waals surface area contributed by atoms with E-state index in [4.69, 9.17) is 11.5 Å². The minimum atomic E-state index is -0.529. The fourth-order valence-corrected chi connectivity index (χ4v) is 3.74. The van der Waals surface area contributed by atoms with Gasteiger partial charge in [-0.15, -0.1) is 0 Å². The van der Waals surface area contributed by atoms with Gasteiger partial charge < -0.3 is 22.1 Å². The van der Waals surface area contributed by atoms with Crippen LogP contribution in [0.15, 0.2) is 36.5 Å². The van der Waals surface area contributed by atoms with Gasteiger partial charge in [0.15, 0.2) is 0 Å². The number of pyridine rings is 1. The third-order valence-electron chi connectivity index (χ3n) is 5.32. The van der Waals surface area contributed by atoms with Crippen LogP contribution in [0.5, 0.6) is 0 Å². The fraction of sp³-hybridized carbons (Fsp3) is 0.350. The predicted molar refractivity (Wildman–Crippen MR) is 111 cm³/mol. The van der Waals surface area contributed by atoms with Gasteiger partial charge in [0.2, 0.25) is 0 Å². The Bertz CT molecular complexity index is 1010. The molecule has 0 radical (unpaired) electrons. The Hall–Kier alpha value is -3.13. The molecule has 146 valence electrons. The van der Waals surface area contributed by atoms with Gasteiger partial charge in [0.25, 0.3) is 5.91 Å². The first-order valence-corrected chi connectivity index (χ1v) is 9.53. The molecule has 1 fully saturated rings. The summed E-state index contributed by atoms with van der Waals surface area (Å²) in [5.41, 5.74) is 13.9. The molecule has 8 heteroatoms. The summed E-state index contributed by atoms with van der Waals surface area (Å²) in [4.78, 5) is 16.5. The summed E-state index contributed by atoms with van der Waals surface area (Å²) in [6.07, 6.45) is 6.14. The Morgan fingerprint density at radius 3 is 2.82 bits per heavy atom. The summed E-state index contributed by atoms with van der Waals surface area (Å²) in [5, 5.41) is 11.9. The number of hydrogen-bond acceptors (Lipinski definition) is 6. The average molecular weight is 379 g/mol. The summed E-state index contributed by atoms with van der Waals surface area (Å²) in [6.45, 7) is 0. The molecule has 1 aliphatic carbocycles. The monoisotopic (exact) mass is 379 g/mol. The third-order valence-corrected chi connectivity index (χ3v) is 5.32. The second kappa shape index (κ2) is 7.47. The zero-order valence-corrected chi connectivity index (χ0v) is 15.9. The van der Waals surface area contributed by atoms with Gasteiger partial charge in [-0.3, -0.25) is 9.48 Å². The zero-order chi connectivity index (χ0) is 19.7. The van der Waals surface area contributed by atoms with Crippen LogP contribution in [0.3, 0.4) is 0 Å². The standard InChI is InChI=1S/C20H25N7O/c1-27-17-8-6-13(10-12(17)11-23-27)24-20-14(19(22)28)7-9-18(26-20)25-16-5-3-2-4-15(16)21/h6-11,15-16H,2-5,21H2,1H3,(H2,22,28)(H2,24,25,26)/t15-,16?/m0/s1. The number of nitrogens with two attached hydrogens (primary N) is 2. The van der Waals surface area contributed by atoms with Gasteiger partial charge in [0.05, 0.1) is 17.3 Å². The maximum absolute atomic E-state index is 11.9. The van der Waals surface area contributed by atoms with E-state index in [-0.39, 0.29) is 12.1 Å². The summed E-state index contributed by atoms with van der Waals surface area (Å²) in [7, 11) is 1.90. The molecular formula is C20H25N7O. The van der Waals surface area contributed by atoms with E-state index in [2.05, 4.69) is 20.7 Å². The molecular weight excluding hydrogens is 354 g/mol. The summed E-state index contributed by atoms with van der Waals surface area (Å²) >= 11 is 0. The lowest BCUT2D eigenvalue weighted by molar-refractivity contribution is 0.100. The molecule has 1 amide bonds. The molecule has 1 saturated carbocycles. The molecule has 2 heterocycles. The topological polar surface area (TPSA) is 124 Å². The normalized spacial score (nSPS) is 19.5. The number of anilines is 3. The Labute approximate surface area is 163 Å². The number of carbonyl (C=O) groups excluding carboxylic acids is 1. The van der Waals surface area contributed by atoms with Crippen molar-refractivity contribution in [3.63, 3.8) is 0 Å². The van der Waals surface area contributed by atoms with Crippen LogP contribution in [-0.2, 0) is 7.05 Å². The van der Waals surface area contributed by atoms with Crippen molar-refractivity contribution >= 4 is 34.1 Å². The molecule has 1 aliphatic rings. The first-order valence-electron chi connectivity index (χ1n) is 9.53. The van der Waals surface area contributed by atoms with E-state index in [0.717, 1.165) is 42.3 Å². The number of fused-ring (bicyclic) bond motifs is 1. The van der Waals surface area contributed by atoms with Gasteiger partial charge in [-0.05, 0) is 43.2 Å². The molecule has 3 aromatic rings. The molecule has 4 rings (SSSR count). The molecule has 1 unspecified atom stereocenters. The van der Waals surface area contributed by atoms with Crippen LogP contribution in [0, 0.1) is 0 Å². The van der Waals surface area contributed by atoms with Crippen LogP contribution in [0.1, 0.15) is 36.0 Å². The van der Waals surface area contributed by atoms with Gasteiger partial charge in [-0.25, -0.2) is 4.98 Å².